The predicted molar refractivity (Wildman–Crippen MR) is 95.0 cm³/mol. The van der Waals surface area contributed by atoms with Crippen LogP contribution < -0.4 is 5.43 Å². The third-order valence-corrected chi connectivity index (χ3v) is 3.72. The Bertz CT molecular complexity index is 628. The molecule has 0 aliphatic carbocycles. The normalized spacial score (nSPS) is 12.5. The summed E-state index contributed by atoms with van der Waals surface area (Å²) in [5.41, 5.74) is 6.76. The van der Waals surface area contributed by atoms with Crippen molar-refractivity contribution in [2.24, 2.45) is 5.10 Å². The minimum Gasteiger partial charge on any atom is -0.460 e. The topological polar surface area (TPSA) is 71.0 Å². The molecule has 1 N–H and O–H groups in total. The number of hydrogen-bond donors (Lipinski definition) is 1. The third kappa shape index (κ3) is 4.81. The van der Waals surface area contributed by atoms with Crippen molar-refractivity contribution in [3.05, 3.63) is 34.4 Å². The van der Waals surface area contributed by atoms with Crippen LogP contribution in [0.25, 0.3) is 0 Å². The lowest BCUT2D eigenvalue weighted by molar-refractivity contribution is -0.135. The van der Waals surface area contributed by atoms with E-state index in [1.54, 1.807) is 21.0 Å². The first kappa shape index (κ1) is 19.7. The van der Waals surface area contributed by atoms with Gasteiger partial charge in [0.1, 0.15) is 0 Å². The fraction of sp³-hybridized carbons (Fsp3) is 0.500. The van der Waals surface area contributed by atoms with E-state index in [9.17, 15) is 9.59 Å². The van der Waals surface area contributed by atoms with E-state index < -0.39 is 5.97 Å². The van der Waals surface area contributed by atoms with Gasteiger partial charge in [0, 0.05) is 14.1 Å². The lowest BCUT2D eigenvalue weighted by Gasteiger charge is -2.18. The lowest BCUT2D eigenvalue weighted by atomic mass is 9.90. The SMILES string of the molecule is CCOC(=O)/C(=N\NC(=O)C(C)c1c(C)cc(C)cc1C)N(C)C. The van der Waals surface area contributed by atoms with Crippen molar-refractivity contribution in [1.29, 1.82) is 0 Å². The van der Waals surface area contributed by atoms with Gasteiger partial charge in [-0.15, -0.1) is 5.10 Å². The molecule has 1 aromatic rings. The molecule has 0 aliphatic heterocycles. The van der Waals surface area contributed by atoms with E-state index in [4.69, 9.17) is 4.74 Å². The number of rotatable bonds is 4. The number of esters is 1. The first-order valence-electron chi connectivity index (χ1n) is 7.98. The van der Waals surface area contributed by atoms with E-state index >= 15 is 0 Å². The Morgan fingerprint density at radius 2 is 1.75 bits per heavy atom. The maximum Gasteiger partial charge on any atom is 0.375 e. The number of amides is 1. The third-order valence-electron chi connectivity index (χ3n) is 3.72. The molecule has 6 nitrogen and oxygen atoms in total. The Kier molecular flexibility index (Phi) is 6.95. The van der Waals surface area contributed by atoms with Crippen LogP contribution in [0.4, 0.5) is 0 Å². The van der Waals surface area contributed by atoms with E-state index in [2.05, 4.69) is 22.7 Å². The molecule has 0 heterocycles. The second-order valence-corrected chi connectivity index (χ2v) is 6.06. The Labute approximate surface area is 143 Å². The van der Waals surface area contributed by atoms with Crippen molar-refractivity contribution in [2.45, 2.75) is 40.5 Å². The summed E-state index contributed by atoms with van der Waals surface area (Å²) in [6.07, 6.45) is 0. The number of amidine groups is 1. The molecule has 0 aliphatic rings. The summed E-state index contributed by atoms with van der Waals surface area (Å²) in [5.74, 6) is -1.17. The van der Waals surface area contributed by atoms with Gasteiger partial charge in [0.15, 0.2) is 0 Å². The largest absolute Gasteiger partial charge is 0.460 e. The zero-order chi connectivity index (χ0) is 18.4. The summed E-state index contributed by atoms with van der Waals surface area (Å²) >= 11 is 0. The first-order valence-corrected chi connectivity index (χ1v) is 7.98. The van der Waals surface area contributed by atoms with Gasteiger partial charge in [-0.25, -0.2) is 10.2 Å². The average Bonchev–Trinajstić information content (AvgIpc) is 2.45. The summed E-state index contributed by atoms with van der Waals surface area (Å²) in [6, 6.07) is 4.11. The molecule has 1 atom stereocenters. The number of aryl methyl sites for hydroxylation is 3. The van der Waals surface area contributed by atoms with Crippen molar-refractivity contribution in [2.75, 3.05) is 20.7 Å². The van der Waals surface area contributed by atoms with Gasteiger partial charge in [-0.2, -0.15) is 0 Å². The van der Waals surface area contributed by atoms with Gasteiger partial charge in [0.05, 0.1) is 12.5 Å². The maximum atomic E-state index is 12.5. The van der Waals surface area contributed by atoms with E-state index in [0.29, 0.717) is 0 Å². The number of likely N-dealkylation sites (N-methyl/N-ethyl adjacent to an activating group) is 1. The second kappa shape index (κ2) is 8.47. The van der Waals surface area contributed by atoms with Crippen LogP contribution in [0.15, 0.2) is 17.2 Å². The molecule has 1 aromatic carbocycles. The summed E-state index contributed by atoms with van der Waals surface area (Å²) in [5, 5.41) is 3.93. The minimum absolute atomic E-state index is 0.0507. The highest BCUT2D eigenvalue weighted by Crippen LogP contribution is 2.25. The molecule has 1 amide bonds. The monoisotopic (exact) mass is 333 g/mol. The van der Waals surface area contributed by atoms with Gasteiger partial charge < -0.3 is 9.64 Å². The van der Waals surface area contributed by atoms with Crippen LogP contribution in [0, 0.1) is 20.8 Å². The fourth-order valence-corrected chi connectivity index (χ4v) is 2.73. The van der Waals surface area contributed by atoms with Crippen LogP contribution >= 0.6 is 0 Å². The van der Waals surface area contributed by atoms with Crippen LogP contribution in [-0.2, 0) is 14.3 Å². The number of ether oxygens (including phenoxy) is 1. The van der Waals surface area contributed by atoms with Gasteiger partial charge in [0.2, 0.25) is 11.7 Å². The summed E-state index contributed by atoms with van der Waals surface area (Å²) in [6.45, 7) is 9.81. The van der Waals surface area contributed by atoms with Crippen LogP contribution in [0.2, 0.25) is 0 Å². The van der Waals surface area contributed by atoms with Crippen LogP contribution in [0.5, 0.6) is 0 Å². The Morgan fingerprint density at radius 1 is 1.21 bits per heavy atom. The Morgan fingerprint density at radius 3 is 2.21 bits per heavy atom. The number of benzene rings is 1. The average molecular weight is 333 g/mol. The molecule has 0 radical (unpaired) electrons. The zero-order valence-electron chi connectivity index (χ0n) is 15.6. The molecule has 132 valence electrons. The number of nitrogens with one attached hydrogen (secondary N) is 1. The van der Waals surface area contributed by atoms with Crippen LogP contribution in [0.1, 0.15) is 42.0 Å². The molecule has 24 heavy (non-hydrogen) atoms. The standard InChI is InChI=1S/C18H27N3O3/c1-8-24-18(23)16(21(6)7)19-20-17(22)14(5)15-12(3)9-11(2)10-13(15)4/h9-10,14H,8H2,1-7H3,(H,20,22)/b19-16+. The fourth-order valence-electron chi connectivity index (χ4n) is 2.73. The molecule has 0 fully saturated rings. The number of hydrogen-bond acceptors (Lipinski definition) is 4. The van der Waals surface area contributed by atoms with Gasteiger partial charge in [0.25, 0.3) is 0 Å². The van der Waals surface area contributed by atoms with Gasteiger partial charge in [-0.1, -0.05) is 17.7 Å². The Balaban J connectivity index is 2.98. The highest BCUT2D eigenvalue weighted by atomic mass is 16.5. The minimum atomic E-state index is -0.571. The molecular weight excluding hydrogens is 306 g/mol. The smallest absolute Gasteiger partial charge is 0.375 e. The number of carbonyl (C=O) groups is 2. The van der Waals surface area contributed by atoms with E-state index in [0.717, 1.165) is 22.3 Å². The highest BCUT2D eigenvalue weighted by molar-refractivity contribution is 6.35. The van der Waals surface area contributed by atoms with E-state index in [1.807, 2.05) is 27.7 Å². The molecule has 1 rings (SSSR count). The highest BCUT2D eigenvalue weighted by Gasteiger charge is 2.21. The quantitative estimate of drug-likeness (QED) is 0.397. The number of nitrogens with zero attached hydrogens (tertiary/aromatic N) is 2. The van der Waals surface area contributed by atoms with Gasteiger partial charge in [-0.05, 0) is 51.3 Å². The van der Waals surface area contributed by atoms with Crippen molar-refractivity contribution in [3.8, 4) is 0 Å². The van der Waals surface area contributed by atoms with E-state index in [-0.39, 0.29) is 24.3 Å². The van der Waals surface area contributed by atoms with Crippen LogP contribution in [0.3, 0.4) is 0 Å². The molecule has 0 bridgehead atoms. The molecule has 0 saturated carbocycles. The molecule has 0 aromatic heterocycles. The number of carbonyl (C=O) groups excluding carboxylic acids is 2. The van der Waals surface area contributed by atoms with Gasteiger partial charge >= 0.3 is 5.97 Å². The van der Waals surface area contributed by atoms with Crippen molar-refractivity contribution in [1.82, 2.24) is 10.3 Å². The summed E-state index contributed by atoms with van der Waals surface area (Å²) in [7, 11) is 3.33. The Hall–Kier alpha value is -2.37. The van der Waals surface area contributed by atoms with Crippen molar-refractivity contribution in [3.63, 3.8) is 0 Å². The molecule has 6 heteroatoms. The summed E-state index contributed by atoms with van der Waals surface area (Å²) in [4.78, 5) is 25.8. The van der Waals surface area contributed by atoms with Crippen LogP contribution in [-0.4, -0.2) is 43.3 Å². The molecule has 0 spiro atoms. The molecule has 0 saturated heterocycles. The second-order valence-electron chi connectivity index (χ2n) is 6.06. The first-order chi connectivity index (χ1) is 11.2. The zero-order valence-corrected chi connectivity index (χ0v) is 15.6. The van der Waals surface area contributed by atoms with Crippen molar-refractivity contribution >= 4 is 17.7 Å². The molecule has 1 unspecified atom stereocenters. The maximum absolute atomic E-state index is 12.5. The lowest BCUT2D eigenvalue weighted by Crippen LogP contribution is -2.35. The van der Waals surface area contributed by atoms with Crippen molar-refractivity contribution < 1.29 is 14.3 Å². The van der Waals surface area contributed by atoms with Gasteiger partial charge in [-0.3, -0.25) is 4.79 Å². The predicted octanol–water partition coefficient (Wildman–Crippen LogP) is 2.27. The number of hydrazone groups is 1. The van der Waals surface area contributed by atoms with E-state index in [1.165, 1.54) is 4.90 Å². The molecular formula is C18H27N3O3. The summed E-state index contributed by atoms with van der Waals surface area (Å²) < 4.78 is 4.93.